The van der Waals surface area contributed by atoms with E-state index in [1.54, 1.807) is 18.3 Å². The van der Waals surface area contributed by atoms with Gasteiger partial charge in [0.2, 0.25) is 0 Å². The molecule has 1 heterocycles. The van der Waals surface area contributed by atoms with Gasteiger partial charge in [0.05, 0.1) is 6.61 Å². The molecule has 0 fully saturated rings. The van der Waals surface area contributed by atoms with Crippen LogP contribution in [0.5, 0.6) is 0 Å². The standard InChI is InChI=1S/C19H28N2O2/c1-2-3-4-5-6-7-8-9-10-11-17-12-13-20-18(16-17)19(23)21-14-15-22/h12-13,16,22H,2-9,14-15H2,1H3,(H,21,23). The van der Waals surface area contributed by atoms with Crippen LogP contribution < -0.4 is 5.32 Å². The maximum Gasteiger partial charge on any atom is 0.269 e. The predicted molar refractivity (Wildman–Crippen MR) is 93.1 cm³/mol. The number of aliphatic hydroxyl groups excluding tert-OH is 1. The lowest BCUT2D eigenvalue weighted by Crippen LogP contribution is -2.27. The molecule has 0 atom stereocenters. The van der Waals surface area contributed by atoms with E-state index in [2.05, 4.69) is 29.1 Å². The molecule has 1 amide bonds. The van der Waals surface area contributed by atoms with Crippen LogP contribution in [-0.4, -0.2) is 29.1 Å². The molecule has 0 saturated heterocycles. The molecule has 1 aromatic rings. The minimum absolute atomic E-state index is 0.0797. The van der Waals surface area contributed by atoms with Crippen molar-refractivity contribution in [2.24, 2.45) is 0 Å². The fourth-order valence-electron chi connectivity index (χ4n) is 2.23. The molecule has 0 saturated carbocycles. The van der Waals surface area contributed by atoms with Crippen molar-refractivity contribution in [3.05, 3.63) is 29.6 Å². The van der Waals surface area contributed by atoms with E-state index < -0.39 is 0 Å². The Morgan fingerprint density at radius 2 is 1.96 bits per heavy atom. The largest absolute Gasteiger partial charge is 0.395 e. The zero-order valence-corrected chi connectivity index (χ0v) is 14.1. The van der Waals surface area contributed by atoms with E-state index in [1.807, 2.05) is 0 Å². The Morgan fingerprint density at radius 3 is 2.70 bits per heavy atom. The molecule has 0 radical (unpaired) electrons. The lowest BCUT2D eigenvalue weighted by Gasteiger charge is -2.02. The van der Waals surface area contributed by atoms with Crippen LogP contribution in [0.15, 0.2) is 18.3 Å². The van der Waals surface area contributed by atoms with Crippen molar-refractivity contribution in [1.29, 1.82) is 0 Å². The van der Waals surface area contributed by atoms with Crippen molar-refractivity contribution in [2.45, 2.75) is 58.3 Å². The summed E-state index contributed by atoms with van der Waals surface area (Å²) in [5, 5.41) is 11.3. The monoisotopic (exact) mass is 316 g/mol. The van der Waals surface area contributed by atoms with E-state index in [0.717, 1.165) is 18.4 Å². The number of pyridine rings is 1. The number of aromatic nitrogens is 1. The summed E-state index contributed by atoms with van der Waals surface area (Å²) < 4.78 is 0. The highest BCUT2D eigenvalue weighted by atomic mass is 16.3. The number of nitrogens with zero attached hydrogens (tertiary/aromatic N) is 1. The zero-order valence-electron chi connectivity index (χ0n) is 14.1. The Kier molecular flexibility index (Phi) is 10.6. The molecule has 0 unspecified atom stereocenters. The number of carbonyl (C=O) groups is 1. The van der Waals surface area contributed by atoms with Crippen molar-refractivity contribution in [2.75, 3.05) is 13.2 Å². The highest BCUT2D eigenvalue weighted by molar-refractivity contribution is 5.92. The van der Waals surface area contributed by atoms with Gasteiger partial charge in [-0.15, -0.1) is 0 Å². The molecule has 4 heteroatoms. The summed E-state index contributed by atoms with van der Waals surface area (Å²) >= 11 is 0. The summed E-state index contributed by atoms with van der Waals surface area (Å²) in [6, 6.07) is 3.49. The van der Waals surface area contributed by atoms with Crippen LogP contribution in [0.2, 0.25) is 0 Å². The minimum atomic E-state index is -0.283. The molecule has 23 heavy (non-hydrogen) atoms. The summed E-state index contributed by atoms with van der Waals surface area (Å²) in [7, 11) is 0. The van der Waals surface area contributed by atoms with Gasteiger partial charge in [0.1, 0.15) is 5.69 Å². The van der Waals surface area contributed by atoms with Gasteiger partial charge in [0.15, 0.2) is 0 Å². The summed E-state index contributed by atoms with van der Waals surface area (Å²) in [5.74, 6) is 5.97. The number of carbonyl (C=O) groups excluding carboxylic acids is 1. The van der Waals surface area contributed by atoms with E-state index in [0.29, 0.717) is 5.69 Å². The number of nitrogens with one attached hydrogen (secondary N) is 1. The van der Waals surface area contributed by atoms with Crippen LogP contribution in [0.25, 0.3) is 0 Å². The number of rotatable bonds is 10. The first-order chi connectivity index (χ1) is 11.3. The van der Waals surface area contributed by atoms with E-state index in [-0.39, 0.29) is 19.1 Å². The van der Waals surface area contributed by atoms with Crippen LogP contribution in [-0.2, 0) is 0 Å². The van der Waals surface area contributed by atoms with Crippen LogP contribution in [0.1, 0.15) is 74.3 Å². The molecule has 4 nitrogen and oxygen atoms in total. The maximum absolute atomic E-state index is 11.7. The Balaban J connectivity index is 2.31. The van der Waals surface area contributed by atoms with Gasteiger partial charge in [-0.25, -0.2) is 0 Å². The quantitative estimate of drug-likeness (QED) is 0.514. The Hall–Kier alpha value is -1.86. The Labute approximate surface area is 139 Å². The summed E-state index contributed by atoms with van der Waals surface area (Å²) in [4.78, 5) is 15.8. The number of aliphatic hydroxyl groups is 1. The molecular formula is C19H28N2O2. The zero-order chi connectivity index (χ0) is 16.8. The third-order valence-electron chi connectivity index (χ3n) is 3.53. The molecular weight excluding hydrogens is 288 g/mol. The smallest absolute Gasteiger partial charge is 0.269 e. The first-order valence-electron chi connectivity index (χ1n) is 8.62. The number of unbranched alkanes of at least 4 members (excludes halogenated alkanes) is 7. The lowest BCUT2D eigenvalue weighted by molar-refractivity contribution is 0.0940. The fourth-order valence-corrected chi connectivity index (χ4v) is 2.23. The topological polar surface area (TPSA) is 62.2 Å². The third-order valence-corrected chi connectivity index (χ3v) is 3.53. The first-order valence-corrected chi connectivity index (χ1v) is 8.62. The second-order valence-corrected chi connectivity index (χ2v) is 5.58. The second kappa shape index (κ2) is 12.7. The predicted octanol–water partition coefficient (Wildman–Crippen LogP) is 3.30. The third kappa shape index (κ3) is 9.00. The van der Waals surface area contributed by atoms with Crippen LogP contribution in [0.3, 0.4) is 0 Å². The van der Waals surface area contributed by atoms with Gasteiger partial charge in [0.25, 0.3) is 5.91 Å². The molecule has 0 spiro atoms. The summed E-state index contributed by atoms with van der Waals surface area (Å²) in [6.45, 7) is 2.38. The van der Waals surface area contributed by atoms with Crippen molar-refractivity contribution in [3.8, 4) is 11.8 Å². The molecule has 1 rings (SSSR count). The SMILES string of the molecule is CCCCCCCCCC#Cc1ccnc(C(=O)NCCO)c1. The van der Waals surface area contributed by atoms with Gasteiger partial charge in [-0.05, 0) is 18.6 Å². The van der Waals surface area contributed by atoms with Crippen molar-refractivity contribution < 1.29 is 9.90 Å². The fraction of sp³-hybridized carbons (Fsp3) is 0.579. The van der Waals surface area contributed by atoms with E-state index >= 15 is 0 Å². The molecule has 126 valence electrons. The maximum atomic E-state index is 11.7. The lowest BCUT2D eigenvalue weighted by atomic mass is 10.1. The van der Waals surface area contributed by atoms with Gasteiger partial charge in [0, 0.05) is 24.7 Å². The highest BCUT2D eigenvalue weighted by Gasteiger charge is 2.05. The molecule has 0 aliphatic carbocycles. The molecule has 0 aliphatic heterocycles. The van der Waals surface area contributed by atoms with Gasteiger partial charge >= 0.3 is 0 Å². The average Bonchev–Trinajstić information content (AvgIpc) is 2.58. The molecule has 0 aliphatic rings. The highest BCUT2D eigenvalue weighted by Crippen LogP contribution is 2.08. The van der Waals surface area contributed by atoms with E-state index in [1.165, 1.54) is 38.5 Å². The second-order valence-electron chi connectivity index (χ2n) is 5.58. The van der Waals surface area contributed by atoms with E-state index in [4.69, 9.17) is 5.11 Å². The van der Waals surface area contributed by atoms with Crippen molar-refractivity contribution in [3.63, 3.8) is 0 Å². The number of hydrogen-bond acceptors (Lipinski definition) is 3. The van der Waals surface area contributed by atoms with Crippen LogP contribution in [0.4, 0.5) is 0 Å². The summed E-state index contributed by atoms with van der Waals surface area (Å²) in [6.07, 6.45) is 11.5. The van der Waals surface area contributed by atoms with Gasteiger partial charge in [-0.2, -0.15) is 0 Å². The molecule has 0 aromatic carbocycles. The van der Waals surface area contributed by atoms with E-state index in [9.17, 15) is 4.79 Å². The molecule has 1 aromatic heterocycles. The normalized spacial score (nSPS) is 10.0. The number of hydrogen-bond donors (Lipinski definition) is 2. The van der Waals surface area contributed by atoms with Gasteiger partial charge < -0.3 is 10.4 Å². The van der Waals surface area contributed by atoms with Crippen LogP contribution in [0, 0.1) is 11.8 Å². The Morgan fingerprint density at radius 1 is 1.22 bits per heavy atom. The summed E-state index contributed by atoms with van der Waals surface area (Å²) in [5.41, 5.74) is 1.14. The molecule has 2 N–H and O–H groups in total. The number of amides is 1. The van der Waals surface area contributed by atoms with Gasteiger partial charge in [-0.1, -0.05) is 57.3 Å². The van der Waals surface area contributed by atoms with Crippen molar-refractivity contribution in [1.82, 2.24) is 10.3 Å². The van der Waals surface area contributed by atoms with Crippen LogP contribution >= 0.6 is 0 Å². The Bertz CT molecular complexity index is 518. The van der Waals surface area contributed by atoms with Gasteiger partial charge in [-0.3, -0.25) is 9.78 Å². The van der Waals surface area contributed by atoms with Crippen molar-refractivity contribution >= 4 is 5.91 Å². The average molecular weight is 316 g/mol. The first kappa shape index (κ1) is 19.2. The minimum Gasteiger partial charge on any atom is -0.395 e. The molecule has 0 bridgehead atoms.